The van der Waals surface area contributed by atoms with Crippen molar-refractivity contribution in [3.8, 4) is 0 Å². The van der Waals surface area contributed by atoms with Crippen LogP contribution in [0.4, 0.5) is 0 Å². The monoisotopic (exact) mass is 776 g/mol. The predicted octanol–water partition coefficient (Wildman–Crippen LogP) is 10.6. The summed E-state index contributed by atoms with van der Waals surface area (Å²) in [4.78, 5) is 37.1. The van der Waals surface area contributed by atoms with E-state index in [4.69, 9.17) is 19.1 Å². The summed E-state index contributed by atoms with van der Waals surface area (Å²) < 4.78 is 32.3. The number of rotatable bonds is 41. The van der Waals surface area contributed by atoms with Crippen molar-refractivity contribution in [1.82, 2.24) is 0 Å². The molecule has 0 aromatic carbocycles. The van der Waals surface area contributed by atoms with Crippen LogP contribution in [0.2, 0.25) is 0 Å². The third-order valence-electron chi connectivity index (χ3n) is 9.41. The molecule has 2 N–H and O–H groups in total. The fourth-order valence-corrected chi connectivity index (χ4v) is 6.82. The van der Waals surface area contributed by atoms with Crippen molar-refractivity contribution in [2.24, 2.45) is 0 Å². The number of esters is 2. The molecule has 0 aromatic heterocycles. The van der Waals surface area contributed by atoms with Gasteiger partial charge in [0.15, 0.2) is 6.10 Å². The van der Waals surface area contributed by atoms with Gasteiger partial charge in [-0.05, 0) is 38.5 Å². The van der Waals surface area contributed by atoms with E-state index in [-0.39, 0.29) is 19.4 Å². The first-order chi connectivity index (χ1) is 25.7. The highest BCUT2D eigenvalue weighted by Crippen LogP contribution is 2.38. The molecule has 0 rings (SSSR count). The molecular weight excluding hydrogens is 695 g/mol. The van der Waals surface area contributed by atoms with Gasteiger partial charge in [0.25, 0.3) is 7.82 Å². The van der Waals surface area contributed by atoms with Gasteiger partial charge in [0.2, 0.25) is 0 Å². The Hall–Kier alpha value is -1.29. The molecule has 11 heteroatoms. The zero-order chi connectivity index (χ0) is 39.1. The second kappa shape index (κ2) is 39.0. The molecule has 3 atom stereocenters. The Kier molecular flexibility index (Phi) is 38.0. The van der Waals surface area contributed by atoms with Gasteiger partial charge in [-0.25, -0.2) is 0 Å². The van der Waals surface area contributed by atoms with E-state index in [1.165, 1.54) is 109 Å². The van der Waals surface area contributed by atoms with Crippen LogP contribution in [-0.4, -0.2) is 60.8 Å². The van der Waals surface area contributed by atoms with Crippen LogP contribution in [0.25, 0.3) is 0 Å². The molecular formula is C42H80O10P-. The summed E-state index contributed by atoms with van der Waals surface area (Å²) in [7, 11) is -4.86. The van der Waals surface area contributed by atoms with Gasteiger partial charge in [-0.15, -0.1) is 0 Å². The fourth-order valence-electron chi connectivity index (χ4n) is 6.04. The summed E-state index contributed by atoms with van der Waals surface area (Å²) in [6.07, 6.45) is 35.8. The standard InChI is InChI=1S/C42H81O10P/c1-3-5-7-9-11-13-15-17-19-21-23-25-27-29-31-33-41(45)49-37-40(38-51-53(47,48)50-36-39(44)35-43)52-42(46)34-32-30-28-26-24-22-20-18-16-14-12-10-8-6-4-2/h18,20,39-40,43-44H,3-17,19,21-38H2,1-2H3,(H,47,48)/p-1/b20-18-/t39?,40-/m1/s1. The van der Waals surface area contributed by atoms with E-state index in [1.807, 2.05) is 0 Å². The van der Waals surface area contributed by atoms with Crippen molar-refractivity contribution in [3.05, 3.63) is 12.2 Å². The highest BCUT2D eigenvalue weighted by molar-refractivity contribution is 7.45. The lowest BCUT2D eigenvalue weighted by molar-refractivity contribution is -0.230. The minimum absolute atomic E-state index is 0.163. The van der Waals surface area contributed by atoms with Crippen LogP contribution >= 0.6 is 7.82 Å². The van der Waals surface area contributed by atoms with Gasteiger partial charge in [0.05, 0.1) is 19.8 Å². The number of carbonyl (C=O) groups is 2. The number of aliphatic hydroxyl groups excluding tert-OH is 2. The lowest BCUT2D eigenvalue weighted by Crippen LogP contribution is -2.30. The van der Waals surface area contributed by atoms with E-state index in [2.05, 4.69) is 30.5 Å². The summed E-state index contributed by atoms with van der Waals surface area (Å²) in [6, 6.07) is 0. The number of carbonyl (C=O) groups excluding carboxylic acids is 2. The van der Waals surface area contributed by atoms with Crippen molar-refractivity contribution >= 4 is 19.8 Å². The second-order valence-corrected chi connectivity index (χ2v) is 16.1. The molecule has 0 amide bonds. The van der Waals surface area contributed by atoms with Crippen LogP contribution in [0.3, 0.4) is 0 Å². The van der Waals surface area contributed by atoms with E-state index in [9.17, 15) is 24.2 Å². The van der Waals surface area contributed by atoms with Crippen LogP contribution in [0.15, 0.2) is 12.2 Å². The lowest BCUT2D eigenvalue weighted by atomic mass is 10.0. The Balaban J connectivity index is 4.28. The van der Waals surface area contributed by atoms with E-state index in [0.717, 1.165) is 57.8 Å². The van der Waals surface area contributed by atoms with Gasteiger partial charge in [-0.3, -0.25) is 14.2 Å². The van der Waals surface area contributed by atoms with Crippen molar-refractivity contribution < 1.29 is 47.8 Å². The van der Waals surface area contributed by atoms with Crippen molar-refractivity contribution in [3.63, 3.8) is 0 Å². The number of aliphatic hydroxyl groups is 2. The molecule has 0 spiro atoms. The molecule has 0 saturated heterocycles. The average Bonchev–Trinajstić information content (AvgIpc) is 3.14. The molecule has 0 fully saturated rings. The predicted molar refractivity (Wildman–Crippen MR) is 212 cm³/mol. The van der Waals surface area contributed by atoms with E-state index < -0.39 is 51.8 Å². The highest BCUT2D eigenvalue weighted by atomic mass is 31.2. The first-order valence-corrected chi connectivity index (χ1v) is 23.1. The molecule has 10 nitrogen and oxygen atoms in total. The number of hydrogen-bond acceptors (Lipinski definition) is 10. The van der Waals surface area contributed by atoms with Gasteiger partial charge in [0, 0.05) is 12.8 Å². The minimum Gasteiger partial charge on any atom is -0.756 e. The van der Waals surface area contributed by atoms with Crippen LogP contribution < -0.4 is 4.89 Å². The Morgan fingerprint density at radius 2 is 0.943 bits per heavy atom. The fraction of sp³-hybridized carbons (Fsp3) is 0.905. The summed E-state index contributed by atoms with van der Waals surface area (Å²) in [5, 5.41) is 18.3. The first-order valence-electron chi connectivity index (χ1n) is 21.6. The number of phosphoric ester groups is 1. The van der Waals surface area contributed by atoms with Gasteiger partial charge >= 0.3 is 11.9 Å². The number of unbranched alkanes of at least 4 members (excludes halogenated alkanes) is 25. The number of ether oxygens (including phenoxy) is 2. The molecule has 53 heavy (non-hydrogen) atoms. The maximum absolute atomic E-state index is 12.6. The molecule has 0 radical (unpaired) electrons. The number of phosphoric acid groups is 1. The Morgan fingerprint density at radius 1 is 0.566 bits per heavy atom. The van der Waals surface area contributed by atoms with E-state index in [0.29, 0.717) is 12.8 Å². The van der Waals surface area contributed by atoms with Gasteiger partial charge in [-0.2, -0.15) is 0 Å². The molecule has 0 aliphatic rings. The summed E-state index contributed by atoms with van der Waals surface area (Å²) in [5.74, 6) is -0.961. The maximum Gasteiger partial charge on any atom is 0.306 e. The van der Waals surface area contributed by atoms with Gasteiger partial charge in [-0.1, -0.05) is 167 Å². The summed E-state index contributed by atoms with van der Waals surface area (Å²) in [5.41, 5.74) is 0. The number of hydrogen-bond donors (Lipinski definition) is 2. The topological polar surface area (TPSA) is 152 Å². The molecule has 0 aliphatic carbocycles. The average molecular weight is 776 g/mol. The quantitative estimate of drug-likeness (QED) is 0.0266. The summed E-state index contributed by atoms with van der Waals surface area (Å²) >= 11 is 0. The summed E-state index contributed by atoms with van der Waals surface area (Å²) in [6.45, 7) is 2.20. The third kappa shape index (κ3) is 38.8. The van der Waals surface area contributed by atoms with Crippen molar-refractivity contribution in [2.45, 2.75) is 219 Å². The van der Waals surface area contributed by atoms with Crippen molar-refractivity contribution in [2.75, 3.05) is 26.4 Å². The third-order valence-corrected chi connectivity index (χ3v) is 10.3. The maximum atomic E-state index is 12.6. The zero-order valence-corrected chi connectivity index (χ0v) is 34.9. The Morgan fingerprint density at radius 3 is 1.38 bits per heavy atom. The lowest BCUT2D eigenvalue weighted by Gasteiger charge is -2.26. The SMILES string of the molecule is CCCCCCCC/C=C\CCCCCCCC(=O)O[C@H](COC(=O)CCCCCCCCCCCCCCCCC)COP(=O)([O-])OCC(O)CO. The minimum atomic E-state index is -4.86. The van der Waals surface area contributed by atoms with Crippen LogP contribution in [-0.2, 0) is 32.7 Å². The van der Waals surface area contributed by atoms with Gasteiger partial charge < -0.3 is 33.6 Å². The smallest absolute Gasteiger partial charge is 0.306 e. The highest BCUT2D eigenvalue weighted by Gasteiger charge is 2.21. The van der Waals surface area contributed by atoms with Crippen molar-refractivity contribution in [1.29, 1.82) is 0 Å². The molecule has 314 valence electrons. The Labute approximate surface area is 324 Å². The Bertz CT molecular complexity index is 899. The zero-order valence-electron chi connectivity index (χ0n) is 34.0. The second-order valence-electron chi connectivity index (χ2n) is 14.7. The first kappa shape index (κ1) is 51.7. The molecule has 0 bridgehead atoms. The normalized spacial score (nSPS) is 14.0. The van der Waals surface area contributed by atoms with Crippen LogP contribution in [0.1, 0.15) is 206 Å². The molecule has 0 saturated carbocycles. The molecule has 2 unspecified atom stereocenters. The molecule has 0 aliphatic heterocycles. The van der Waals surface area contributed by atoms with Gasteiger partial charge in [0.1, 0.15) is 12.7 Å². The van der Waals surface area contributed by atoms with Crippen LogP contribution in [0.5, 0.6) is 0 Å². The largest absolute Gasteiger partial charge is 0.756 e. The van der Waals surface area contributed by atoms with E-state index in [1.54, 1.807) is 0 Å². The van der Waals surface area contributed by atoms with E-state index >= 15 is 0 Å². The number of allylic oxidation sites excluding steroid dienone is 2. The molecule has 0 aromatic rings. The molecule has 0 heterocycles. The van der Waals surface area contributed by atoms with Crippen LogP contribution in [0, 0.1) is 0 Å².